The van der Waals surface area contributed by atoms with Gasteiger partial charge in [-0.05, 0) is 45.4 Å². The first kappa shape index (κ1) is 16.0. The molecule has 0 aromatic heterocycles. The average molecular weight is 295 g/mol. The summed E-state index contributed by atoms with van der Waals surface area (Å²) >= 11 is 0. The molecule has 1 saturated carbocycles. The maximum absolute atomic E-state index is 12.2. The van der Waals surface area contributed by atoms with Crippen LogP contribution in [-0.4, -0.2) is 43.7 Å². The predicted octanol–water partition coefficient (Wildman–Crippen LogP) is 3.03. The van der Waals surface area contributed by atoms with Gasteiger partial charge in [-0.2, -0.15) is 13.2 Å². The van der Waals surface area contributed by atoms with Crippen molar-refractivity contribution in [3.8, 4) is 0 Å². The minimum atomic E-state index is -4.23. The van der Waals surface area contributed by atoms with E-state index in [1.165, 1.54) is 0 Å². The minimum Gasteiger partial charge on any atom is -0.378 e. The zero-order valence-electron chi connectivity index (χ0n) is 11.9. The normalized spacial score (nSPS) is 36.0. The van der Waals surface area contributed by atoms with Gasteiger partial charge in [0, 0.05) is 18.7 Å². The van der Waals surface area contributed by atoms with Crippen molar-refractivity contribution in [1.29, 1.82) is 0 Å². The molecule has 1 heterocycles. The molecule has 0 radical (unpaired) electrons. The van der Waals surface area contributed by atoms with E-state index < -0.39 is 12.8 Å². The Morgan fingerprint density at radius 3 is 2.60 bits per heavy atom. The summed E-state index contributed by atoms with van der Waals surface area (Å²) in [6.45, 7) is 1.70. The van der Waals surface area contributed by atoms with E-state index >= 15 is 0 Å². The first-order chi connectivity index (χ1) is 9.42. The molecular weight excluding hydrogens is 271 g/mol. The zero-order chi connectivity index (χ0) is 14.6. The number of alkyl halides is 3. The first-order valence-corrected chi connectivity index (χ1v) is 7.48. The van der Waals surface area contributed by atoms with Crippen LogP contribution in [0.4, 0.5) is 13.2 Å². The maximum atomic E-state index is 12.2. The highest BCUT2D eigenvalue weighted by molar-refractivity contribution is 4.84. The SMILES string of the molecule is CC1CC(NC2CCCC(OCC(F)(F)F)C2)CCO1. The van der Waals surface area contributed by atoms with E-state index in [1.54, 1.807) is 0 Å². The van der Waals surface area contributed by atoms with Gasteiger partial charge in [-0.15, -0.1) is 0 Å². The Kier molecular flexibility index (Phi) is 5.69. The molecule has 0 bridgehead atoms. The third-order valence-corrected chi connectivity index (χ3v) is 4.07. The van der Waals surface area contributed by atoms with Gasteiger partial charge in [0.25, 0.3) is 0 Å². The van der Waals surface area contributed by atoms with Crippen molar-refractivity contribution in [2.75, 3.05) is 13.2 Å². The molecule has 6 heteroatoms. The fourth-order valence-electron chi connectivity index (χ4n) is 3.14. The van der Waals surface area contributed by atoms with Crippen molar-refractivity contribution in [1.82, 2.24) is 5.32 Å². The lowest BCUT2D eigenvalue weighted by Crippen LogP contribution is -2.46. The number of hydrogen-bond donors (Lipinski definition) is 1. The fraction of sp³-hybridized carbons (Fsp3) is 1.00. The third-order valence-electron chi connectivity index (χ3n) is 4.07. The van der Waals surface area contributed by atoms with Crippen LogP contribution >= 0.6 is 0 Å². The highest BCUT2D eigenvalue weighted by Gasteiger charge is 2.32. The van der Waals surface area contributed by atoms with Gasteiger partial charge >= 0.3 is 6.18 Å². The van der Waals surface area contributed by atoms with Crippen molar-refractivity contribution in [2.45, 2.75) is 75.9 Å². The molecular formula is C14H24F3NO2. The van der Waals surface area contributed by atoms with Crippen molar-refractivity contribution < 1.29 is 22.6 Å². The van der Waals surface area contributed by atoms with E-state index in [0.717, 1.165) is 38.7 Å². The van der Waals surface area contributed by atoms with E-state index in [4.69, 9.17) is 9.47 Å². The van der Waals surface area contributed by atoms with Crippen molar-refractivity contribution in [3.05, 3.63) is 0 Å². The molecule has 0 aromatic carbocycles. The molecule has 4 atom stereocenters. The molecule has 0 amide bonds. The summed E-state index contributed by atoms with van der Waals surface area (Å²) in [7, 11) is 0. The number of nitrogens with one attached hydrogen (secondary N) is 1. The van der Waals surface area contributed by atoms with Crippen LogP contribution < -0.4 is 5.32 Å². The molecule has 0 aromatic rings. The van der Waals surface area contributed by atoms with E-state index in [-0.39, 0.29) is 18.2 Å². The van der Waals surface area contributed by atoms with Crippen LogP contribution in [0.25, 0.3) is 0 Å². The van der Waals surface area contributed by atoms with Gasteiger partial charge in [0.1, 0.15) is 6.61 Å². The van der Waals surface area contributed by atoms with Crippen LogP contribution in [0.1, 0.15) is 45.4 Å². The molecule has 3 nitrogen and oxygen atoms in total. The summed E-state index contributed by atoms with van der Waals surface area (Å²) in [5.74, 6) is 0. The Morgan fingerprint density at radius 2 is 1.90 bits per heavy atom. The molecule has 1 aliphatic heterocycles. The molecule has 0 spiro atoms. The Hall–Kier alpha value is -0.330. The Labute approximate surface area is 118 Å². The van der Waals surface area contributed by atoms with Gasteiger partial charge in [0.05, 0.1) is 12.2 Å². The largest absolute Gasteiger partial charge is 0.411 e. The Morgan fingerprint density at radius 1 is 1.15 bits per heavy atom. The van der Waals surface area contributed by atoms with Gasteiger partial charge in [-0.25, -0.2) is 0 Å². The lowest BCUT2D eigenvalue weighted by molar-refractivity contribution is -0.188. The second-order valence-electron chi connectivity index (χ2n) is 5.98. The second-order valence-corrected chi connectivity index (χ2v) is 5.98. The lowest BCUT2D eigenvalue weighted by Gasteiger charge is -2.35. The summed E-state index contributed by atoms with van der Waals surface area (Å²) in [6, 6.07) is 0.697. The number of hydrogen-bond acceptors (Lipinski definition) is 3. The van der Waals surface area contributed by atoms with Crippen LogP contribution in [-0.2, 0) is 9.47 Å². The molecule has 118 valence electrons. The smallest absolute Gasteiger partial charge is 0.378 e. The van der Waals surface area contributed by atoms with Crippen LogP contribution in [0.2, 0.25) is 0 Å². The number of rotatable bonds is 4. The van der Waals surface area contributed by atoms with Crippen LogP contribution in [0.15, 0.2) is 0 Å². The third kappa shape index (κ3) is 5.58. The molecule has 4 unspecified atom stereocenters. The van der Waals surface area contributed by atoms with Crippen molar-refractivity contribution in [2.24, 2.45) is 0 Å². The van der Waals surface area contributed by atoms with Crippen LogP contribution in [0.3, 0.4) is 0 Å². The van der Waals surface area contributed by atoms with Gasteiger partial charge in [0.15, 0.2) is 0 Å². The van der Waals surface area contributed by atoms with Gasteiger partial charge in [-0.3, -0.25) is 0 Å². The molecule has 20 heavy (non-hydrogen) atoms. The van der Waals surface area contributed by atoms with Gasteiger partial charge in [0.2, 0.25) is 0 Å². The van der Waals surface area contributed by atoms with E-state index in [1.807, 2.05) is 0 Å². The van der Waals surface area contributed by atoms with E-state index in [2.05, 4.69) is 12.2 Å². The highest BCUT2D eigenvalue weighted by atomic mass is 19.4. The molecule has 1 aliphatic carbocycles. The topological polar surface area (TPSA) is 30.5 Å². The molecule has 2 rings (SSSR count). The molecule has 2 fully saturated rings. The predicted molar refractivity (Wildman–Crippen MR) is 69.6 cm³/mol. The van der Waals surface area contributed by atoms with E-state index in [9.17, 15) is 13.2 Å². The summed E-state index contributed by atoms with van der Waals surface area (Å²) < 4.78 is 47.0. The molecule has 1 N–H and O–H groups in total. The second kappa shape index (κ2) is 7.09. The summed E-state index contributed by atoms with van der Waals surface area (Å²) in [4.78, 5) is 0. The molecule has 1 saturated heterocycles. The monoisotopic (exact) mass is 295 g/mol. The summed E-state index contributed by atoms with van der Waals surface area (Å²) in [6.07, 6.45) is 1.11. The zero-order valence-corrected chi connectivity index (χ0v) is 11.9. The average Bonchev–Trinajstić information content (AvgIpc) is 2.36. The standard InChI is InChI=1S/C14H24F3NO2/c1-10-7-12(5-6-19-10)18-11-3-2-4-13(8-11)20-9-14(15,16)17/h10-13,18H,2-9H2,1H3. The first-order valence-electron chi connectivity index (χ1n) is 7.48. The summed E-state index contributed by atoms with van der Waals surface area (Å²) in [5, 5.41) is 3.57. The van der Waals surface area contributed by atoms with Crippen molar-refractivity contribution >= 4 is 0 Å². The number of ether oxygens (including phenoxy) is 2. The van der Waals surface area contributed by atoms with Crippen LogP contribution in [0.5, 0.6) is 0 Å². The van der Waals surface area contributed by atoms with Crippen molar-refractivity contribution in [3.63, 3.8) is 0 Å². The maximum Gasteiger partial charge on any atom is 0.411 e. The lowest BCUT2D eigenvalue weighted by atomic mass is 9.91. The minimum absolute atomic E-state index is 0.264. The molecule has 2 aliphatic rings. The quantitative estimate of drug-likeness (QED) is 0.865. The summed E-state index contributed by atoms with van der Waals surface area (Å²) in [5.41, 5.74) is 0. The van der Waals surface area contributed by atoms with Crippen LogP contribution in [0, 0.1) is 0 Å². The fourth-order valence-corrected chi connectivity index (χ4v) is 3.14. The highest BCUT2D eigenvalue weighted by Crippen LogP contribution is 2.25. The Bertz CT molecular complexity index is 299. The number of halogens is 3. The van der Waals surface area contributed by atoms with Gasteiger partial charge in [-0.1, -0.05) is 0 Å². The Balaban J connectivity index is 1.72. The van der Waals surface area contributed by atoms with Gasteiger partial charge < -0.3 is 14.8 Å². The van der Waals surface area contributed by atoms with E-state index in [0.29, 0.717) is 12.5 Å².